The van der Waals surface area contributed by atoms with Crippen molar-refractivity contribution in [2.24, 2.45) is 0 Å². The quantitative estimate of drug-likeness (QED) is 0.230. The molecule has 0 aliphatic rings. The molecule has 0 aliphatic heterocycles. The molecule has 1 aromatic rings. The maximum atomic E-state index is 9.77. The van der Waals surface area contributed by atoms with Crippen LogP contribution in [0.2, 0.25) is 0 Å². The van der Waals surface area contributed by atoms with Crippen LogP contribution in [-0.4, -0.2) is 5.11 Å². The molecule has 23 heavy (non-hydrogen) atoms. The van der Waals surface area contributed by atoms with E-state index in [-0.39, 0.29) is 0 Å². The molecule has 0 spiro atoms. The summed E-state index contributed by atoms with van der Waals surface area (Å²) < 4.78 is 0. The normalized spacial score (nSPS) is 11.0. The highest BCUT2D eigenvalue weighted by molar-refractivity contribution is 5.47. The van der Waals surface area contributed by atoms with Crippen LogP contribution in [-0.2, 0) is 6.42 Å². The van der Waals surface area contributed by atoms with E-state index in [9.17, 15) is 5.11 Å². The summed E-state index contributed by atoms with van der Waals surface area (Å²) in [6.45, 7) is 2.28. The second-order valence-electron chi connectivity index (χ2n) is 6.88. The van der Waals surface area contributed by atoms with E-state index in [0.29, 0.717) is 5.75 Å². The Morgan fingerprint density at radius 1 is 0.739 bits per heavy atom. The number of phenols is 1. The smallest absolute Gasteiger partial charge is 0.118 e. The molecule has 1 aromatic carbocycles. The molecule has 0 aliphatic carbocycles. The number of hydrogen-bond donors (Lipinski definition) is 2. The number of nitrogens with two attached hydrogens (primary N) is 1. The standard InChI is InChI=1S/C21H37NO/c1-2-3-4-5-6-7-8-9-10-11-12-13-14-15-19-18-20(22)16-17-21(19)23/h16-18,23H,2-15,22H2,1H3. The summed E-state index contributed by atoms with van der Waals surface area (Å²) in [5.74, 6) is 0.387. The zero-order valence-corrected chi connectivity index (χ0v) is 15.2. The number of nitrogen functional groups attached to an aromatic ring is 1. The van der Waals surface area contributed by atoms with Crippen LogP contribution < -0.4 is 5.73 Å². The van der Waals surface area contributed by atoms with Crippen molar-refractivity contribution in [2.75, 3.05) is 5.73 Å². The van der Waals surface area contributed by atoms with E-state index in [4.69, 9.17) is 5.73 Å². The van der Waals surface area contributed by atoms with Gasteiger partial charge in [0.2, 0.25) is 0 Å². The number of aryl methyl sites for hydroxylation is 1. The first-order chi connectivity index (χ1) is 11.2. The van der Waals surface area contributed by atoms with Gasteiger partial charge in [-0.25, -0.2) is 0 Å². The lowest BCUT2D eigenvalue weighted by atomic mass is 10.0. The van der Waals surface area contributed by atoms with E-state index in [2.05, 4.69) is 6.92 Å². The lowest BCUT2D eigenvalue weighted by Crippen LogP contribution is -1.91. The third kappa shape index (κ3) is 10.3. The Labute approximate surface area is 143 Å². The van der Waals surface area contributed by atoms with Crippen molar-refractivity contribution in [3.05, 3.63) is 23.8 Å². The number of unbranched alkanes of at least 4 members (excludes halogenated alkanes) is 12. The molecule has 0 unspecified atom stereocenters. The van der Waals surface area contributed by atoms with Crippen molar-refractivity contribution in [3.63, 3.8) is 0 Å². The minimum absolute atomic E-state index is 0.387. The van der Waals surface area contributed by atoms with Gasteiger partial charge in [-0.2, -0.15) is 0 Å². The zero-order valence-electron chi connectivity index (χ0n) is 15.2. The van der Waals surface area contributed by atoms with Gasteiger partial charge < -0.3 is 10.8 Å². The molecule has 0 amide bonds. The van der Waals surface area contributed by atoms with Gasteiger partial charge in [0.15, 0.2) is 0 Å². The average Bonchev–Trinajstić information content (AvgIpc) is 2.55. The SMILES string of the molecule is CCCCCCCCCCCCCCCc1cc(N)ccc1O. The van der Waals surface area contributed by atoms with E-state index < -0.39 is 0 Å². The summed E-state index contributed by atoms with van der Waals surface area (Å²) in [7, 11) is 0. The summed E-state index contributed by atoms with van der Waals surface area (Å²) in [6, 6.07) is 5.35. The Morgan fingerprint density at radius 3 is 1.74 bits per heavy atom. The van der Waals surface area contributed by atoms with Crippen LogP contribution in [0.15, 0.2) is 18.2 Å². The first-order valence-corrected chi connectivity index (χ1v) is 9.81. The molecule has 132 valence electrons. The van der Waals surface area contributed by atoms with Crippen molar-refractivity contribution in [3.8, 4) is 5.75 Å². The van der Waals surface area contributed by atoms with Gasteiger partial charge in [-0.05, 0) is 36.6 Å². The highest BCUT2D eigenvalue weighted by atomic mass is 16.3. The van der Waals surface area contributed by atoms with Gasteiger partial charge in [-0.15, -0.1) is 0 Å². The highest BCUT2D eigenvalue weighted by Gasteiger charge is 2.01. The van der Waals surface area contributed by atoms with E-state index in [0.717, 1.165) is 24.1 Å². The van der Waals surface area contributed by atoms with Crippen molar-refractivity contribution in [1.29, 1.82) is 0 Å². The van der Waals surface area contributed by atoms with Crippen molar-refractivity contribution in [2.45, 2.75) is 96.8 Å². The number of benzene rings is 1. The number of hydrogen-bond acceptors (Lipinski definition) is 2. The number of phenolic OH excluding ortho intramolecular Hbond substituents is 1. The minimum Gasteiger partial charge on any atom is -0.508 e. The van der Waals surface area contributed by atoms with E-state index >= 15 is 0 Å². The summed E-state index contributed by atoms with van der Waals surface area (Å²) in [5.41, 5.74) is 7.50. The molecule has 0 heterocycles. The van der Waals surface area contributed by atoms with Crippen LogP contribution in [0, 0.1) is 0 Å². The van der Waals surface area contributed by atoms with Crippen molar-refractivity contribution in [1.82, 2.24) is 0 Å². The van der Waals surface area contributed by atoms with Crippen LogP contribution in [0.5, 0.6) is 5.75 Å². The molecule has 2 nitrogen and oxygen atoms in total. The maximum absolute atomic E-state index is 9.77. The molecule has 0 saturated carbocycles. The second-order valence-corrected chi connectivity index (χ2v) is 6.88. The van der Waals surface area contributed by atoms with Crippen LogP contribution >= 0.6 is 0 Å². The highest BCUT2D eigenvalue weighted by Crippen LogP contribution is 2.22. The van der Waals surface area contributed by atoms with E-state index in [1.807, 2.05) is 6.07 Å². The number of anilines is 1. The first kappa shape index (κ1) is 19.9. The average molecular weight is 320 g/mol. The lowest BCUT2D eigenvalue weighted by Gasteiger charge is -2.06. The summed E-state index contributed by atoms with van der Waals surface area (Å²) in [4.78, 5) is 0. The molecular formula is C21H37NO. The van der Waals surface area contributed by atoms with E-state index in [1.165, 1.54) is 77.0 Å². The molecule has 0 bridgehead atoms. The molecule has 0 atom stereocenters. The van der Waals surface area contributed by atoms with Gasteiger partial charge in [0.1, 0.15) is 5.75 Å². The maximum Gasteiger partial charge on any atom is 0.118 e. The third-order valence-corrected chi connectivity index (χ3v) is 4.65. The Bertz CT molecular complexity index is 403. The fourth-order valence-corrected chi connectivity index (χ4v) is 3.14. The molecule has 0 aromatic heterocycles. The van der Waals surface area contributed by atoms with Gasteiger partial charge in [-0.3, -0.25) is 0 Å². The Kier molecular flexibility index (Phi) is 11.5. The van der Waals surface area contributed by atoms with Crippen molar-refractivity contribution >= 4 is 5.69 Å². The largest absolute Gasteiger partial charge is 0.508 e. The summed E-state index contributed by atoms with van der Waals surface area (Å²) in [6.07, 6.45) is 18.7. The van der Waals surface area contributed by atoms with Crippen molar-refractivity contribution < 1.29 is 5.11 Å². The van der Waals surface area contributed by atoms with Gasteiger partial charge in [0.25, 0.3) is 0 Å². The molecule has 2 heteroatoms. The molecule has 3 N–H and O–H groups in total. The minimum atomic E-state index is 0.387. The van der Waals surface area contributed by atoms with Gasteiger partial charge in [-0.1, -0.05) is 84.0 Å². The van der Waals surface area contributed by atoms with E-state index in [1.54, 1.807) is 12.1 Å². The lowest BCUT2D eigenvalue weighted by molar-refractivity contribution is 0.466. The van der Waals surface area contributed by atoms with Crippen LogP contribution in [0.4, 0.5) is 5.69 Å². The Morgan fingerprint density at radius 2 is 1.22 bits per heavy atom. The van der Waals surface area contributed by atoms with Crippen LogP contribution in [0.25, 0.3) is 0 Å². The summed E-state index contributed by atoms with van der Waals surface area (Å²) >= 11 is 0. The molecule has 0 fully saturated rings. The molecule has 1 rings (SSSR count). The van der Waals surface area contributed by atoms with Gasteiger partial charge in [0, 0.05) is 5.69 Å². The molecular weight excluding hydrogens is 282 g/mol. The topological polar surface area (TPSA) is 46.2 Å². The monoisotopic (exact) mass is 319 g/mol. The predicted octanol–water partition coefficient (Wildman–Crippen LogP) is 6.61. The fourth-order valence-electron chi connectivity index (χ4n) is 3.14. The Hall–Kier alpha value is -1.18. The molecule has 0 radical (unpaired) electrons. The van der Waals surface area contributed by atoms with Gasteiger partial charge in [0.05, 0.1) is 0 Å². The fraction of sp³-hybridized carbons (Fsp3) is 0.714. The number of rotatable bonds is 14. The van der Waals surface area contributed by atoms with Crippen LogP contribution in [0.1, 0.15) is 96.0 Å². The molecule has 0 saturated heterocycles. The number of aromatic hydroxyl groups is 1. The zero-order chi connectivity index (χ0) is 16.8. The summed E-state index contributed by atoms with van der Waals surface area (Å²) in [5, 5.41) is 9.77. The predicted molar refractivity (Wildman–Crippen MR) is 102 cm³/mol. The van der Waals surface area contributed by atoms with Gasteiger partial charge >= 0.3 is 0 Å². The Balaban J connectivity index is 1.87. The first-order valence-electron chi connectivity index (χ1n) is 9.81. The second kappa shape index (κ2) is 13.3. The van der Waals surface area contributed by atoms with Crippen LogP contribution in [0.3, 0.4) is 0 Å². The third-order valence-electron chi connectivity index (χ3n) is 4.65.